The summed E-state index contributed by atoms with van der Waals surface area (Å²) >= 11 is 6.27. The fraction of sp³-hybridized carbons (Fsp3) is 0.333. The maximum atomic E-state index is 13.2. The zero-order valence-corrected chi connectivity index (χ0v) is 38.3. The van der Waals surface area contributed by atoms with E-state index in [-0.39, 0.29) is 24.7 Å². The molecule has 0 radical (unpaired) electrons. The molecule has 64 heavy (non-hydrogen) atoms. The number of hydrogen-bond donors (Lipinski definition) is 3. The van der Waals surface area contributed by atoms with Crippen LogP contribution in [-0.2, 0) is 48.0 Å². The minimum Gasteiger partial charge on any atom is -0.479 e. The van der Waals surface area contributed by atoms with Crippen LogP contribution in [0.1, 0.15) is 65.2 Å². The van der Waals surface area contributed by atoms with Crippen molar-refractivity contribution in [3.05, 3.63) is 149 Å². The largest absolute Gasteiger partial charge is 0.479 e. The number of carboxylic acid groups (broad SMARTS) is 2. The van der Waals surface area contributed by atoms with Crippen molar-refractivity contribution in [2.24, 2.45) is 0 Å². The predicted octanol–water partition coefficient (Wildman–Crippen LogP) is 9.44. The first-order chi connectivity index (χ1) is 30.5. The first kappa shape index (κ1) is 50.4. The summed E-state index contributed by atoms with van der Waals surface area (Å²) in [6, 6.07) is 39.4. The van der Waals surface area contributed by atoms with Crippen LogP contribution >= 0.6 is 11.6 Å². The van der Waals surface area contributed by atoms with Crippen LogP contribution < -0.4 is 19.7 Å². The van der Waals surface area contributed by atoms with Gasteiger partial charge in [-0.1, -0.05) is 96.5 Å². The Morgan fingerprint density at radius 1 is 0.609 bits per heavy atom. The summed E-state index contributed by atoms with van der Waals surface area (Å²) < 4.78 is 22.4. The zero-order valence-electron chi connectivity index (χ0n) is 37.5. The molecule has 0 aliphatic heterocycles. The fourth-order valence-electron chi connectivity index (χ4n) is 6.64. The van der Waals surface area contributed by atoms with Crippen LogP contribution in [-0.4, -0.2) is 77.1 Å². The average Bonchev–Trinajstić information content (AvgIpc) is 3.27. The topological polar surface area (TPSA) is 161 Å². The smallest absolute Gasteiger partial charge is 0.333 e. The number of carbonyl (C=O) groups excluding carboxylic acids is 2. The van der Waals surface area contributed by atoms with Crippen molar-refractivity contribution >= 4 is 41.0 Å². The molecule has 0 bridgehead atoms. The monoisotopic (exact) mass is 894 g/mol. The van der Waals surface area contributed by atoms with Crippen LogP contribution in [0.25, 0.3) is 11.1 Å². The Hall–Kier alpha value is -6.21. The average molecular weight is 895 g/mol. The van der Waals surface area contributed by atoms with Crippen LogP contribution in [0, 0.1) is 0 Å². The molecule has 0 aromatic heterocycles. The first-order valence-electron chi connectivity index (χ1n) is 21.2. The molecule has 0 spiro atoms. The number of carboxylic acids is 2. The van der Waals surface area contributed by atoms with E-state index in [2.05, 4.69) is 23.5 Å². The van der Waals surface area contributed by atoms with Crippen LogP contribution in [0.15, 0.2) is 127 Å². The molecule has 0 saturated carbocycles. The van der Waals surface area contributed by atoms with Crippen LogP contribution in [0.2, 0.25) is 5.02 Å². The maximum absolute atomic E-state index is 13.2. The van der Waals surface area contributed by atoms with Gasteiger partial charge in [0.2, 0.25) is 0 Å². The molecule has 340 valence electrons. The number of aliphatic carboxylic acids is 2. The van der Waals surface area contributed by atoms with Crippen molar-refractivity contribution in [2.45, 2.75) is 91.3 Å². The normalized spacial score (nSPS) is 12.2. The quantitative estimate of drug-likeness (QED) is 0.0648. The number of nitrogens with one attached hydrogen (secondary N) is 1. The minimum absolute atomic E-state index is 0.218. The third-order valence-electron chi connectivity index (χ3n) is 9.98. The number of ether oxygens (including phenoxy) is 4. The summed E-state index contributed by atoms with van der Waals surface area (Å²) in [5.74, 6) is -1.40. The van der Waals surface area contributed by atoms with Gasteiger partial charge < -0.3 is 39.4 Å². The third kappa shape index (κ3) is 15.0. The van der Waals surface area contributed by atoms with Crippen LogP contribution in [0.5, 0.6) is 11.5 Å². The number of benzene rings is 5. The predicted molar refractivity (Wildman–Crippen MR) is 249 cm³/mol. The molecule has 0 aliphatic carbocycles. The summed E-state index contributed by atoms with van der Waals surface area (Å²) in [7, 11) is 0. The third-order valence-corrected chi connectivity index (χ3v) is 10.3. The van der Waals surface area contributed by atoms with Gasteiger partial charge in [0.15, 0.2) is 23.4 Å². The molecular formula is C51H59ClN2O10. The van der Waals surface area contributed by atoms with Crippen molar-refractivity contribution in [1.29, 1.82) is 0 Å². The van der Waals surface area contributed by atoms with Crippen molar-refractivity contribution < 1.29 is 48.3 Å². The van der Waals surface area contributed by atoms with Gasteiger partial charge in [-0.2, -0.15) is 0 Å². The highest BCUT2D eigenvalue weighted by molar-refractivity contribution is 6.33. The SMILES string of the molecule is CCO[C@@H](Cc1ccc(OC(C)(C)C(=O)N(CC)c2ccccc2Cl)cc1)C(=O)O.CCO[C@@H](Cc1ccc(OC(C)(C)C(=O)NCc2cccc(-c3ccccc3)c2)cc1)C(=O)O. The second-order valence-corrected chi connectivity index (χ2v) is 16.1. The van der Waals surface area contributed by atoms with E-state index in [9.17, 15) is 29.4 Å². The molecule has 2 amide bonds. The molecule has 5 rings (SSSR count). The molecule has 5 aromatic carbocycles. The lowest BCUT2D eigenvalue weighted by Gasteiger charge is -2.32. The van der Waals surface area contributed by atoms with Gasteiger partial charge in [-0.05, 0) is 119 Å². The molecule has 0 fully saturated rings. The van der Waals surface area contributed by atoms with E-state index in [1.165, 1.54) is 0 Å². The lowest BCUT2D eigenvalue weighted by Crippen LogP contribution is -2.49. The Balaban J connectivity index is 0.000000283. The van der Waals surface area contributed by atoms with Crippen LogP contribution in [0.3, 0.4) is 0 Å². The summed E-state index contributed by atoms with van der Waals surface area (Å²) in [5.41, 5.74) is 3.24. The highest BCUT2D eigenvalue weighted by Gasteiger charge is 2.35. The Morgan fingerprint density at radius 2 is 1.09 bits per heavy atom. The Morgan fingerprint density at radius 3 is 1.58 bits per heavy atom. The number of nitrogens with zero attached hydrogens (tertiary/aromatic N) is 1. The number of carbonyl (C=O) groups is 4. The van der Waals surface area contributed by atoms with Crippen molar-refractivity contribution in [3.63, 3.8) is 0 Å². The number of para-hydroxylation sites is 1. The molecule has 3 N–H and O–H groups in total. The lowest BCUT2D eigenvalue weighted by atomic mass is 10.0. The van der Waals surface area contributed by atoms with Crippen molar-refractivity contribution in [3.8, 4) is 22.6 Å². The number of halogens is 1. The summed E-state index contributed by atoms with van der Waals surface area (Å²) in [4.78, 5) is 50.1. The minimum atomic E-state index is -1.13. The van der Waals surface area contributed by atoms with E-state index in [1.54, 1.807) is 107 Å². The standard InChI is InChI=1S/C28H31NO5.C23H28ClNO5/c1-4-33-25(26(30)31)18-20-13-15-24(16-14-20)34-28(2,3)27(32)29-19-21-9-8-12-23(17-21)22-10-6-5-7-11-22;1-5-25(19-10-8-7-9-18(19)24)22(28)23(3,4)30-17-13-11-16(12-14-17)15-20(21(26)27)29-6-2/h5-17,25H,4,18-19H2,1-3H3,(H,29,32)(H,30,31);7-14,20H,5-6,15H2,1-4H3,(H,26,27)/t25-;20-/m00/s1. The molecule has 13 heteroatoms. The number of anilines is 1. The Bertz CT molecular complexity index is 2280. The van der Waals surface area contributed by atoms with Gasteiger partial charge in [-0.3, -0.25) is 9.59 Å². The van der Waals surface area contributed by atoms with Crippen molar-refractivity contribution in [2.75, 3.05) is 24.7 Å². The molecule has 12 nitrogen and oxygen atoms in total. The van der Waals surface area contributed by atoms with Gasteiger partial charge in [0.25, 0.3) is 11.8 Å². The van der Waals surface area contributed by atoms with Crippen LogP contribution in [0.4, 0.5) is 5.69 Å². The number of amides is 2. The van der Waals surface area contributed by atoms with Gasteiger partial charge in [0, 0.05) is 39.1 Å². The van der Waals surface area contributed by atoms with E-state index < -0.39 is 35.3 Å². The van der Waals surface area contributed by atoms with Gasteiger partial charge in [-0.15, -0.1) is 0 Å². The van der Waals surface area contributed by atoms with E-state index >= 15 is 0 Å². The molecule has 0 saturated heterocycles. The van der Waals surface area contributed by atoms with Gasteiger partial charge in [0.1, 0.15) is 11.5 Å². The van der Waals surface area contributed by atoms with E-state index in [0.717, 1.165) is 27.8 Å². The van der Waals surface area contributed by atoms with E-state index in [4.69, 9.17) is 30.5 Å². The molecule has 0 heterocycles. The summed E-state index contributed by atoms with van der Waals surface area (Å²) in [6.07, 6.45) is -1.27. The second-order valence-electron chi connectivity index (χ2n) is 15.7. The lowest BCUT2D eigenvalue weighted by molar-refractivity contribution is -0.150. The van der Waals surface area contributed by atoms with E-state index in [1.807, 2.05) is 55.5 Å². The van der Waals surface area contributed by atoms with Gasteiger partial charge in [-0.25, -0.2) is 9.59 Å². The highest BCUT2D eigenvalue weighted by atomic mass is 35.5. The highest BCUT2D eigenvalue weighted by Crippen LogP contribution is 2.29. The fourth-order valence-corrected chi connectivity index (χ4v) is 6.88. The molecule has 2 atom stereocenters. The number of rotatable bonds is 21. The molecule has 0 aliphatic rings. The summed E-state index contributed by atoms with van der Waals surface area (Å²) in [6.45, 7) is 13.7. The number of likely N-dealkylation sites (N-methyl/N-ethyl adjacent to an activating group) is 1. The second kappa shape index (κ2) is 24.0. The number of hydrogen-bond acceptors (Lipinski definition) is 8. The first-order valence-corrected chi connectivity index (χ1v) is 21.6. The summed E-state index contributed by atoms with van der Waals surface area (Å²) in [5, 5.41) is 21.9. The Kier molecular flexibility index (Phi) is 18.9. The van der Waals surface area contributed by atoms with Gasteiger partial charge >= 0.3 is 11.9 Å². The maximum Gasteiger partial charge on any atom is 0.333 e. The van der Waals surface area contributed by atoms with Crippen molar-refractivity contribution in [1.82, 2.24) is 5.32 Å². The molecule has 0 unspecified atom stereocenters. The molecule has 5 aromatic rings. The molecular weight excluding hydrogens is 836 g/mol. The zero-order chi connectivity index (χ0) is 46.9. The van der Waals surface area contributed by atoms with Gasteiger partial charge in [0.05, 0.1) is 10.7 Å². The van der Waals surface area contributed by atoms with E-state index in [0.29, 0.717) is 48.5 Å². The Labute approximate surface area is 381 Å².